The van der Waals surface area contributed by atoms with Crippen LogP contribution in [-0.2, 0) is 9.59 Å². The molecule has 1 aliphatic rings. The van der Waals surface area contributed by atoms with Crippen molar-refractivity contribution >= 4 is 17.5 Å². The maximum Gasteiger partial charge on any atom is 0.239 e. The van der Waals surface area contributed by atoms with Gasteiger partial charge in [0.05, 0.1) is 6.10 Å². The molecule has 1 aromatic rings. The van der Waals surface area contributed by atoms with Crippen LogP contribution in [0.3, 0.4) is 0 Å². The number of hydrogen-bond donors (Lipinski definition) is 1. The molecule has 0 radical (unpaired) electrons. The van der Waals surface area contributed by atoms with E-state index in [1.54, 1.807) is 23.8 Å². The quantitative estimate of drug-likeness (QED) is 0.843. The first-order chi connectivity index (χ1) is 10.8. The normalized spacial score (nSPS) is 19.1. The lowest BCUT2D eigenvalue weighted by Gasteiger charge is -2.22. The van der Waals surface area contributed by atoms with Gasteiger partial charge in [0.1, 0.15) is 5.92 Å². The van der Waals surface area contributed by atoms with E-state index in [2.05, 4.69) is 6.07 Å². The van der Waals surface area contributed by atoms with Gasteiger partial charge >= 0.3 is 0 Å². The Morgan fingerprint density at radius 3 is 2.52 bits per heavy atom. The first-order valence-corrected chi connectivity index (χ1v) is 8.12. The summed E-state index contributed by atoms with van der Waals surface area (Å²) < 4.78 is 0. The third kappa shape index (κ3) is 4.10. The molecule has 2 atom stereocenters. The fraction of sp³-hybridized carbons (Fsp3) is 0.556. The highest BCUT2D eigenvalue weighted by Gasteiger charge is 2.38. The van der Waals surface area contributed by atoms with Gasteiger partial charge < -0.3 is 14.9 Å². The van der Waals surface area contributed by atoms with E-state index in [4.69, 9.17) is 0 Å². The molecule has 23 heavy (non-hydrogen) atoms. The minimum absolute atomic E-state index is 0.121. The molecule has 1 aromatic carbocycles. The molecule has 0 aromatic heterocycles. The summed E-state index contributed by atoms with van der Waals surface area (Å²) in [4.78, 5) is 28.4. The Morgan fingerprint density at radius 1 is 1.35 bits per heavy atom. The van der Waals surface area contributed by atoms with Crippen LogP contribution >= 0.6 is 0 Å². The van der Waals surface area contributed by atoms with Crippen molar-refractivity contribution in [3.05, 3.63) is 29.3 Å². The molecule has 2 amide bonds. The fourth-order valence-electron chi connectivity index (χ4n) is 3.03. The van der Waals surface area contributed by atoms with E-state index in [1.807, 2.05) is 26.0 Å². The monoisotopic (exact) mass is 318 g/mol. The molecule has 1 heterocycles. The highest BCUT2D eigenvalue weighted by Crippen LogP contribution is 2.28. The molecule has 0 bridgehead atoms. The van der Waals surface area contributed by atoms with E-state index in [1.165, 1.54) is 0 Å². The second kappa shape index (κ2) is 7.13. The summed E-state index contributed by atoms with van der Waals surface area (Å²) in [5.41, 5.74) is 3.09. The molecule has 1 saturated heterocycles. The Balaban J connectivity index is 2.07. The molecule has 1 N–H and O–H groups in total. The van der Waals surface area contributed by atoms with E-state index in [-0.39, 0.29) is 11.8 Å². The van der Waals surface area contributed by atoms with Crippen molar-refractivity contribution in [2.24, 2.45) is 5.92 Å². The van der Waals surface area contributed by atoms with Gasteiger partial charge in [-0.1, -0.05) is 6.07 Å². The molecule has 0 saturated carbocycles. The van der Waals surface area contributed by atoms with Crippen LogP contribution < -0.4 is 4.90 Å². The first-order valence-electron chi connectivity index (χ1n) is 8.12. The second-order valence-corrected chi connectivity index (χ2v) is 6.57. The van der Waals surface area contributed by atoms with Crippen LogP contribution in [0.25, 0.3) is 0 Å². The largest absolute Gasteiger partial charge is 0.393 e. The predicted molar refractivity (Wildman–Crippen MR) is 90.3 cm³/mol. The number of carbonyl (C=O) groups excluding carboxylic acids is 2. The standard InChI is InChI=1S/C18H26N2O3/c1-12-9-13(2)11-15(10-12)20-8-6-16(18(20)23)17(22)19(4)7-5-14(3)21/h9-11,14,16,21H,5-8H2,1-4H3. The lowest BCUT2D eigenvalue weighted by atomic mass is 10.1. The maximum absolute atomic E-state index is 12.6. The number of carbonyl (C=O) groups is 2. The zero-order chi connectivity index (χ0) is 17.1. The summed E-state index contributed by atoms with van der Waals surface area (Å²) >= 11 is 0. The highest BCUT2D eigenvalue weighted by atomic mass is 16.3. The Morgan fingerprint density at radius 2 is 1.96 bits per heavy atom. The summed E-state index contributed by atoms with van der Waals surface area (Å²) in [6.45, 7) is 6.74. The average molecular weight is 318 g/mol. The number of aliphatic hydroxyl groups is 1. The predicted octanol–water partition coefficient (Wildman–Crippen LogP) is 1.89. The molecule has 5 heteroatoms. The van der Waals surface area contributed by atoms with Crippen LogP contribution in [0.15, 0.2) is 18.2 Å². The number of nitrogens with zero attached hydrogens (tertiary/aromatic N) is 2. The van der Waals surface area contributed by atoms with Crippen molar-refractivity contribution in [1.82, 2.24) is 4.90 Å². The van der Waals surface area contributed by atoms with Crippen LogP contribution in [0.2, 0.25) is 0 Å². The van der Waals surface area contributed by atoms with E-state index >= 15 is 0 Å². The van der Waals surface area contributed by atoms with Gasteiger partial charge in [-0.15, -0.1) is 0 Å². The van der Waals surface area contributed by atoms with Crippen LogP contribution in [0.5, 0.6) is 0 Å². The van der Waals surface area contributed by atoms with Gasteiger partial charge in [-0.3, -0.25) is 9.59 Å². The first kappa shape index (κ1) is 17.5. The van der Waals surface area contributed by atoms with Crippen molar-refractivity contribution < 1.29 is 14.7 Å². The van der Waals surface area contributed by atoms with Gasteiger partial charge in [-0.2, -0.15) is 0 Å². The molecule has 126 valence electrons. The van der Waals surface area contributed by atoms with Gasteiger partial charge in [0, 0.05) is 25.8 Å². The third-order valence-electron chi connectivity index (χ3n) is 4.28. The van der Waals surface area contributed by atoms with E-state index < -0.39 is 12.0 Å². The van der Waals surface area contributed by atoms with Crippen molar-refractivity contribution in [3.63, 3.8) is 0 Å². The van der Waals surface area contributed by atoms with Crippen LogP contribution in [0.4, 0.5) is 5.69 Å². The summed E-state index contributed by atoms with van der Waals surface area (Å²) in [6, 6.07) is 6.03. The van der Waals surface area contributed by atoms with Crippen LogP contribution in [-0.4, -0.2) is 48.1 Å². The summed E-state index contributed by atoms with van der Waals surface area (Å²) in [6.07, 6.45) is 0.615. The Kier molecular flexibility index (Phi) is 5.42. The number of aliphatic hydroxyl groups excluding tert-OH is 1. The SMILES string of the molecule is Cc1cc(C)cc(N2CCC(C(=O)N(C)CCC(C)O)C2=O)c1. The molecule has 0 spiro atoms. The van der Waals surface area contributed by atoms with Crippen LogP contribution in [0.1, 0.15) is 30.9 Å². The Labute approximate surface area is 137 Å². The topological polar surface area (TPSA) is 60.9 Å². The van der Waals surface area contributed by atoms with Crippen molar-refractivity contribution in [2.75, 3.05) is 25.0 Å². The fourth-order valence-corrected chi connectivity index (χ4v) is 3.03. The molecule has 0 aliphatic carbocycles. The van der Waals surface area contributed by atoms with E-state index in [0.717, 1.165) is 16.8 Å². The number of amides is 2. The number of benzene rings is 1. The minimum atomic E-state index is -0.602. The molecule has 2 rings (SSSR count). The van der Waals surface area contributed by atoms with Crippen molar-refractivity contribution in [2.45, 2.75) is 39.7 Å². The van der Waals surface area contributed by atoms with E-state index in [0.29, 0.717) is 25.9 Å². The minimum Gasteiger partial charge on any atom is -0.393 e. The average Bonchev–Trinajstić information content (AvgIpc) is 2.84. The molecular weight excluding hydrogens is 292 g/mol. The Bertz CT molecular complexity index is 578. The number of anilines is 1. The molecule has 1 fully saturated rings. The highest BCUT2D eigenvalue weighted by molar-refractivity contribution is 6.09. The van der Waals surface area contributed by atoms with Gasteiger partial charge in [0.15, 0.2) is 0 Å². The zero-order valence-electron chi connectivity index (χ0n) is 14.4. The van der Waals surface area contributed by atoms with Gasteiger partial charge in [-0.05, 0) is 56.9 Å². The van der Waals surface area contributed by atoms with Crippen molar-refractivity contribution in [3.8, 4) is 0 Å². The molecule has 5 nitrogen and oxygen atoms in total. The van der Waals surface area contributed by atoms with Gasteiger partial charge in [0.2, 0.25) is 11.8 Å². The molecule has 1 aliphatic heterocycles. The maximum atomic E-state index is 12.6. The Hall–Kier alpha value is -1.88. The molecule has 2 unspecified atom stereocenters. The third-order valence-corrected chi connectivity index (χ3v) is 4.28. The van der Waals surface area contributed by atoms with Gasteiger partial charge in [-0.25, -0.2) is 0 Å². The second-order valence-electron chi connectivity index (χ2n) is 6.57. The lowest BCUT2D eigenvalue weighted by molar-refractivity contribution is -0.139. The number of hydrogen-bond acceptors (Lipinski definition) is 3. The number of aryl methyl sites for hydroxylation is 2. The smallest absolute Gasteiger partial charge is 0.239 e. The molecular formula is C18H26N2O3. The van der Waals surface area contributed by atoms with Crippen molar-refractivity contribution in [1.29, 1.82) is 0 Å². The zero-order valence-corrected chi connectivity index (χ0v) is 14.4. The lowest BCUT2D eigenvalue weighted by Crippen LogP contribution is -2.39. The summed E-state index contributed by atoms with van der Waals surface area (Å²) in [5.74, 6) is -0.874. The van der Waals surface area contributed by atoms with E-state index in [9.17, 15) is 14.7 Å². The summed E-state index contributed by atoms with van der Waals surface area (Å²) in [5, 5.41) is 9.33. The van der Waals surface area contributed by atoms with Gasteiger partial charge in [0.25, 0.3) is 0 Å². The summed E-state index contributed by atoms with van der Waals surface area (Å²) in [7, 11) is 1.69. The number of rotatable bonds is 5. The van der Waals surface area contributed by atoms with Crippen LogP contribution in [0, 0.1) is 19.8 Å².